The molecule has 2 heterocycles. The zero-order chi connectivity index (χ0) is 18.0. The summed E-state index contributed by atoms with van der Waals surface area (Å²) in [5.74, 6) is 0. The molecule has 0 aliphatic heterocycles. The number of aromatic nitrogens is 1. The van der Waals surface area contributed by atoms with Crippen LogP contribution >= 0.6 is 11.3 Å². The van der Waals surface area contributed by atoms with Crippen molar-refractivity contribution in [2.24, 2.45) is 0 Å². The molecule has 0 aliphatic carbocycles. The van der Waals surface area contributed by atoms with Gasteiger partial charge in [0.1, 0.15) is 0 Å². The van der Waals surface area contributed by atoms with Gasteiger partial charge in [-0.25, -0.2) is 4.79 Å². The average Bonchev–Trinajstić information content (AvgIpc) is 3.20. The van der Waals surface area contributed by atoms with E-state index in [2.05, 4.69) is 33.9 Å². The van der Waals surface area contributed by atoms with Gasteiger partial charge in [0, 0.05) is 36.9 Å². The second-order valence-corrected chi connectivity index (χ2v) is 7.11. The summed E-state index contributed by atoms with van der Waals surface area (Å²) in [6.07, 6.45) is 5.26. The molecule has 1 N–H and O–H groups in total. The molecule has 0 aliphatic rings. The number of amides is 2. The highest BCUT2D eigenvalue weighted by Crippen LogP contribution is 2.11. The second-order valence-electron chi connectivity index (χ2n) is 6.08. The van der Waals surface area contributed by atoms with Gasteiger partial charge in [-0.1, -0.05) is 42.5 Å². The third-order valence-corrected chi connectivity index (χ3v) is 5.06. The SMILES string of the molecule is O=C(NCCc1ccccc1)N(CCc1cccs1)Cc1cccnc1. The molecule has 0 spiro atoms. The molecule has 26 heavy (non-hydrogen) atoms. The summed E-state index contributed by atoms with van der Waals surface area (Å²) in [6, 6.07) is 18.2. The minimum atomic E-state index is -0.0265. The van der Waals surface area contributed by atoms with Gasteiger partial charge in [0.2, 0.25) is 0 Å². The highest BCUT2D eigenvalue weighted by atomic mass is 32.1. The molecule has 2 amide bonds. The first kappa shape index (κ1) is 18.1. The van der Waals surface area contributed by atoms with Gasteiger partial charge in [0.25, 0.3) is 0 Å². The van der Waals surface area contributed by atoms with Crippen molar-refractivity contribution in [3.63, 3.8) is 0 Å². The largest absolute Gasteiger partial charge is 0.338 e. The third kappa shape index (κ3) is 5.70. The lowest BCUT2D eigenvalue weighted by Crippen LogP contribution is -2.41. The average molecular weight is 366 g/mol. The van der Waals surface area contributed by atoms with Crippen molar-refractivity contribution in [1.29, 1.82) is 0 Å². The van der Waals surface area contributed by atoms with Crippen LogP contribution in [0.15, 0.2) is 72.4 Å². The Morgan fingerprint density at radius 2 is 1.85 bits per heavy atom. The van der Waals surface area contributed by atoms with Crippen molar-refractivity contribution < 1.29 is 4.79 Å². The zero-order valence-electron chi connectivity index (χ0n) is 14.7. The van der Waals surface area contributed by atoms with E-state index in [1.54, 1.807) is 17.5 Å². The summed E-state index contributed by atoms with van der Waals surface area (Å²) in [4.78, 5) is 20.0. The Bertz CT molecular complexity index is 776. The van der Waals surface area contributed by atoms with E-state index in [0.29, 0.717) is 19.6 Å². The highest BCUT2D eigenvalue weighted by Gasteiger charge is 2.14. The zero-order valence-corrected chi connectivity index (χ0v) is 15.5. The fraction of sp³-hybridized carbons (Fsp3) is 0.238. The van der Waals surface area contributed by atoms with Crippen molar-refractivity contribution in [3.8, 4) is 0 Å². The number of urea groups is 1. The van der Waals surface area contributed by atoms with E-state index in [1.165, 1.54) is 10.4 Å². The lowest BCUT2D eigenvalue weighted by molar-refractivity contribution is 0.196. The standard InChI is InChI=1S/C21H23N3OS/c25-21(23-13-10-18-6-2-1-3-7-18)24(14-11-20-9-5-15-26-20)17-19-8-4-12-22-16-19/h1-9,12,15-16H,10-11,13-14,17H2,(H,23,25). The highest BCUT2D eigenvalue weighted by molar-refractivity contribution is 7.09. The Labute approximate surface area is 158 Å². The molecule has 134 valence electrons. The number of rotatable bonds is 8. The van der Waals surface area contributed by atoms with E-state index in [4.69, 9.17) is 0 Å². The van der Waals surface area contributed by atoms with Gasteiger partial charge < -0.3 is 10.2 Å². The van der Waals surface area contributed by atoms with Gasteiger partial charge in [-0.05, 0) is 41.5 Å². The van der Waals surface area contributed by atoms with Crippen LogP contribution in [-0.4, -0.2) is 29.0 Å². The second kappa shape index (κ2) is 9.73. The molecule has 3 rings (SSSR count). The fourth-order valence-electron chi connectivity index (χ4n) is 2.73. The van der Waals surface area contributed by atoms with Crippen molar-refractivity contribution in [2.75, 3.05) is 13.1 Å². The Morgan fingerprint density at radius 3 is 2.58 bits per heavy atom. The molecule has 0 unspecified atom stereocenters. The first-order valence-electron chi connectivity index (χ1n) is 8.79. The molecule has 1 aromatic carbocycles. The molecule has 0 bridgehead atoms. The molecule has 4 nitrogen and oxygen atoms in total. The van der Waals surface area contributed by atoms with E-state index in [9.17, 15) is 4.79 Å². The topological polar surface area (TPSA) is 45.2 Å². The van der Waals surface area contributed by atoms with Crippen molar-refractivity contribution in [1.82, 2.24) is 15.2 Å². The van der Waals surface area contributed by atoms with Crippen LogP contribution in [0.3, 0.4) is 0 Å². The summed E-state index contributed by atoms with van der Waals surface area (Å²) in [7, 11) is 0. The van der Waals surface area contributed by atoms with Crippen LogP contribution in [0.5, 0.6) is 0 Å². The number of carbonyl (C=O) groups is 1. The minimum Gasteiger partial charge on any atom is -0.338 e. The third-order valence-electron chi connectivity index (χ3n) is 4.12. The Balaban J connectivity index is 1.56. The van der Waals surface area contributed by atoms with Crippen LogP contribution in [0.2, 0.25) is 0 Å². The molecule has 0 saturated carbocycles. The molecule has 0 fully saturated rings. The Kier molecular flexibility index (Phi) is 6.79. The predicted molar refractivity (Wildman–Crippen MR) is 106 cm³/mol. The molecule has 5 heteroatoms. The Hall–Kier alpha value is -2.66. The van der Waals surface area contributed by atoms with Gasteiger partial charge in [0.15, 0.2) is 0 Å². The lowest BCUT2D eigenvalue weighted by atomic mass is 10.1. The number of nitrogens with zero attached hydrogens (tertiary/aromatic N) is 2. The van der Waals surface area contributed by atoms with E-state index >= 15 is 0 Å². The first-order valence-corrected chi connectivity index (χ1v) is 9.67. The smallest absolute Gasteiger partial charge is 0.317 e. The molecule has 0 atom stereocenters. The summed E-state index contributed by atoms with van der Waals surface area (Å²) < 4.78 is 0. The van der Waals surface area contributed by atoms with E-state index in [1.807, 2.05) is 47.5 Å². The quantitative estimate of drug-likeness (QED) is 0.652. The Morgan fingerprint density at radius 1 is 1.00 bits per heavy atom. The van der Waals surface area contributed by atoms with Crippen molar-refractivity contribution >= 4 is 17.4 Å². The van der Waals surface area contributed by atoms with Crippen molar-refractivity contribution in [2.45, 2.75) is 19.4 Å². The number of hydrogen-bond acceptors (Lipinski definition) is 3. The fourth-order valence-corrected chi connectivity index (χ4v) is 3.43. The molecule has 0 radical (unpaired) electrons. The number of pyridine rings is 1. The molecule has 3 aromatic rings. The minimum absolute atomic E-state index is 0.0265. The molecular weight excluding hydrogens is 342 g/mol. The molecule has 2 aromatic heterocycles. The van der Waals surface area contributed by atoms with E-state index < -0.39 is 0 Å². The van der Waals surface area contributed by atoms with Gasteiger partial charge in [-0.15, -0.1) is 11.3 Å². The predicted octanol–water partition coefficient (Wildman–Crippen LogP) is 4.14. The molecular formula is C21H23N3OS. The van der Waals surface area contributed by atoms with Gasteiger partial charge in [-0.3, -0.25) is 4.98 Å². The maximum atomic E-state index is 12.7. The molecule has 0 saturated heterocycles. The van der Waals surface area contributed by atoms with Crippen LogP contribution in [-0.2, 0) is 19.4 Å². The normalized spacial score (nSPS) is 10.5. The number of nitrogens with one attached hydrogen (secondary N) is 1. The van der Waals surface area contributed by atoms with E-state index in [0.717, 1.165) is 18.4 Å². The number of benzene rings is 1. The lowest BCUT2D eigenvalue weighted by Gasteiger charge is -2.23. The van der Waals surface area contributed by atoms with Gasteiger partial charge >= 0.3 is 6.03 Å². The summed E-state index contributed by atoms with van der Waals surface area (Å²) in [5, 5.41) is 5.12. The summed E-state index contributed by atoms with van der Waals surface area (Å²) in [6.45, 7) is 1.88. The maximum Gasteiger partial charge on any atom is 0.317 e. The van der Waals surface area contributed by atoms with Crippen LogP contribution < -0.4 is 5.32 Å². The number of carbonyl (C=O) groups excluding carboxylic acids is 1. The monoisotopic (exact) mass is 365 g/mol. The summed E-state index contributed by atoms with van der Waals surface area (Å²) >= 11 is 1.73. The maximum absolute atomic E-state index is 12.7. The van der Waals surface area contributed by atoms with Gasteiger partial charge in [0.05, 0.1) is 0 Å². The number of hydrogen-bond donors (Lipinski definition) is 1. The first-order chi connectivity index (χ1) is 12.8. The van der Waals surface area contributed by atoms with Gasteiger partial charge in [-0.2, -0.15) is 0 Å². The van der Waals surface area contributed by atoms with Crippen LogP contribution in [0, 0.1) is 0 Å². The van der Waals surface area contributed by atoms with Crippen LogP contribution in [0.1, 0.15) is 16.0 Å². The van der Waals surface area contributed by atoms with Crippen molar-refractivity contribution in [3.05, 3.63) is 88.4 Å². The van der Waals surface area contributed by atoms with Crippen LogP contribution in [0.4, 0.5) is 4.79 Å². The number of thiophene rings is 1. The summed E-state index contributed by atoms with van der Waals surface area (Å²) in [5.41, 5.74) is 2.27. The van der Waals surface area contributed by atoms with Crippen LogP contribution in [0.25, 0.3) is 0 Å². The van der Waals surface area contributed by atoms with E-state index in [-0.39, 0.29) is 6.03 Å².